The average molecular weight is 700 g/mol. The summed E-state index contributed by atoms with van der Waals surface area (Å²) in [4.78, 5) is 10.6. The molecule has 11 rings (SSSR count). The topological polar surface area (TPSA) is 37.8 Å². The van der Waals surface area contributed by atoms with E-state index >= 15 is 0 Å². The summed E-state index contributed by atoms with van der Waals surface area (Å²) in [6.45, 7) is 0. The highest BCUT2D eigenvalue weighted by Crippen LogP contribution is 2.51. The molecule has 0 fully saturated rings. The molecule has 4 heterocycles. The van der Waals surface area contributed by atoms with Crippen LogP contribution in [0.15, 0.2) is 164 Å². The minimum atomic E-state index is 0.0578. The second-order valence-electron chi connectivity index (χ2n) is 13.3. The van der Waals surface area contributed by atoms with E-state index in [9.17, 15) is 0 Å². The first-order valence-corrected chi connectivity index (χ1v) is 19.2. The van der Waals surface area contributed by atoms with Gasteiger partial charge in [-0.05, 0) is 47.0 Å². The Hall–Kier alpha value is -6.14. The summed E-state index contributed by atoms with van der Waals surface area (Å²) in [5.74, 6) is 0.728. The van der Waals surface area contributed by atoms with Gasteiger partial charge < -0.3 is 5.32 Å². The number of anilines is 1. The highest BCUT2D eigenvalue weighted by atomic mass is 32.1. The lowest BCUT2D eigenvalue weighted by Crippen LogP contribution is -2.18. The molecule has 244 valence electrons. The van der Waals surface area contributed by atoms with Gasteiger partial charge in [-0.2, -0.15) is 0 Å². The molecule has 1 aliphatic rings. The second kappa shape index (κ2) is 11.7. The summed E-state index contributed by atoms with van der Waals surface area (Å²) < 4.78 is 5.06. The maximum Gasteiger partial charge on any atom is 0.160 e. The Balaban J connectivity index is 1.17. The van der Waals surface area contributed by atoms with Crippen LogP contribution < -0.4 is 5.32 Å². The average Bonchev–Trinajstić information content (AvgIpc) is 3.80. The number of thiophene rings is 2. The first kappa shape index (κ1) is 29.6. The van der Waals surface area contributed by atoms with E-state index in [-0.39, 0.29) is 6.04 Å². The van der Waals surface area contributed by atoms with Crippen molar-refractivity contribution in [1.29, 1.82) is 0 Å². The maximum atomic E-state index is 5.31. The Morgan fingerprint density at radius 2 is 1.13 bits per heavy atom. The van der Waals surface area contributed by atoms with Gasteiger partial charge in [-0.3, -0.25) is 0 Å². The van der Waals surface area contributed by atoms with E-state index in [1.807, 2.05) is 28.7 Å². The van der Waals surface area contributed by atoms with E-state index in [2.05, 4.69) is 163 Å². The molecule has 1 atom stereocenters. The van der Waals surface area contributed by atoms with Crippen molar-refractivity contribution < 1.29 is 0 Å². The Labute approximate surface area is 308 Å². The predicted molar refractivity (Wildman–Crippen MR) is 221 cm³/mol. The molecule has 10 aromatic rings. The third kappa shape index (κ3) is 4.56. The number of nitrogens with zero attached hydrogens (tertiary/aromatic N) is 2. The van der Waals surface area contributed by atoms with E-state index in [1.54, 1.807) is 0 Å². The van der Waals surface area contributed by atoms with Gasteiger partial charge >= 0.3 is 0 Å². The summed E-state index contributed by atoms with van der Waals surface area (Å²) in [7, 11) is 0. The summed E-state index contributed by atoms with van der Waals surface area (Å²) in [6.07, 6.45) is 0. The molecule has 1 aliphatic heterocycles. The van der Waals surface area contributed by atoms with Gasteiger partial charge in [0.2, 0.25) is 0 Å². The highest BCUT2D eigenvalue weighted by Gasteiger charge is 2.28. The molecule has 7 aromatic carbocycles. The Bertz CT molecular complexity index is 3000. The zero-order chi connectivity index (χ0) is 34.2. The van der Waals surface area contributed by atoms with Crippen LogP contribution in [-0.2, 0) is 0 Å². The van der Waals surface area contributed by atoms with Crippen molar-refractivity contribution in [2.75, 3.05) is 5.32 Å². The van der Waals surface area contributed by atoms with Crippen molar-refractivity contribution in [3.63, 3.8) is 0 Å². The molecule has 0 saturated heterocycles. The monoisotopic (exact) mass is 699 g/mol. The first-order valence-electron chi connectivity index (χ1n) is 17.5. The fourth-order valence-corrected chi connectivity index (χ4v) is 10.4. The summed E-state index contributed by atoms with van der Waals surface area (Å²) in [5.41, 5.74) is 11.4. The molecule has 0 saturated carbocycles. The maximum absolute atomic E-state index is 5.31. The van der Waals surface area contributed by atoms with Crippen molar-refractivity contribution in [3.8, 4) is 45.0 Å². The number of hydrogen-bond donors (Lipinski definition) is 1. The molecule has 0 bridgehead atoms. The molecule has 0 radical (unpaired) electrons. The second-order valence-corrected chi connectivity index (χ2v) is 15.5. The molecular weight excluding hydrogens is 671 g/mol. The standard InChI is InChI=1S/C47H29N3S2/c1-3-13-28(14-4-1)45-34-25-26-41-44(43(34)30-17-7-9-22-36(30)48-45)35-21-11-20-32(46(35)52-41)38-27-37(49-47(50-38)29-15-5-2-6-16-29)31-19-12-24-40-42(31)33-18-8-10-23-39(33)51-40/h1-27,45,48H. The summed E-state index contributed by atoms with van der Waals surface area (Å²) in [6, 6.07) is 58.8. The van der Waals surface area contributed by atoms with E-state index in [4.69, 9.17) is 9.97 Å². The molecule has 52 heavy (non-hydrogen) atoms. The van der Waals surface area contributed by atoms with Crippen molar-refractivity contribution in [2.24, 2.45) is 0 Å². The van der Waals surface area contributed by atoms with Gasteiger partial charge in [0.15, 0.2) is 5.82 Å². The summed E-state index contributed by atoms with van der Waals surface area (Å²) >= 11 is 3.69. The normalized spacial score (nSPS) is 13.7. The molecule has 5 heteroatoms. The highest BCUT2D eigenvalue weighted by molar-refractivity contribution is 7.26. The van der Waals surface area contributed by atoms with Crippen LogP contribution in [0.25, 0.3) is 85.4 Å². The third-order valence-corrected chi connectivity index (χ3v) is 12.7. The predicted octanol–water partition coefficient (Wildman–Crippen LogP) is 13.4. The van der Waals surface area contributed by atoms with Gasteiger partial charge in [0, 0.05) is 68.3 Å². The number of benzene rings is 7. The third-order valence-electron chi connectivity index (χ3n) is 10.3. The number of nitrogens with one attached hydrogen (secondary N) is 1. The van der Waals surface area contributed by atoms with Crippen LogP contribution in [0.3, 0.4) is 0 Å². The minimum absolute atomic E-state index is 0.0578. The van der Waals surface area contributed by atoms with Crippen LogP contribution in [0, 0.1) is 0 Å². The molecule has 0 aliphatic carbocycles. The van der Waals surface area contributed by atoms with Crippen LogP contribution in [0.2, 0.25) is 0 Å². The van der Waals surface area contributed by atoms with Crippen LogP contribution in [0.4, 0.5) is 5.69 Å². The Morgan fingerprint density at radius 1 is 0.481 bits per heavy atom. The number of aromatic nitrogens is 2. The van der Waals surface area contributed by atoms with Gasteiger partial charge in [-0.25, -0.2) is 9.97 Å². The lowest BCUT2D eigenvalue weighted by atomic mass is 9.84. The fourth-order valence-electron chi connectivity index (χ4n) is 8.03. The zero-order valence-corrected chi connectivity index (χ0v) is 29.5. The SMILES string of the molecule is c1ccc(-c2nc(-c3cccc4c3sc3ccc5c(c34)-c3ccccc3NC5c3ccccc3)cc(-c3cccc4sc5ccccc5c34)n2)cc1. The van der Waals surface area contributed by atoms with E-state index in [0.29, 0.717) is 0 Å². The molecule has 3 aromatic heterocycles. The molecule has 0 spiro atoms. The zero-order valence-electron chi connectivity index (χ0n) is 27.9. The number of hydrogen-bond acceptors (Lipinski definition) is 5. The lowest BCUT2D eigenvalue weighted by molar-refractivity contribution is 0.933. The van der Waals surface area contributed by atoms with E-state index in [0.717, 1.165) is 39.6 Å². The van der Waals surface area contributed by atoms with Gasteiger partial charge in [0.1, 0.15) is 0 Å². The lowest BCUT2D eigenvalue weighted by Gasteiger charge is -2.31. The minimum Gasteiger partial charge on any atom is -0.374 e. The first-order chi connectivity index (χ1) is 25.8. The molecular formula is C47H29N3S2. The van der Waals surface area contributed by atoms with E-state index < -0.39 is 0 Å². The largest absolute Gasteiger partial charge is 0.374 e. The summed E-state index contributed by atoms with van der Waals surface area (Å²) in [5, 5.41) is 8.94. The van der Waals surface area contributed by atoms with Crippen molar-refractivity contribution in [3.05, 3.63) is 175 Å². The van der Waals surface area contributed by atoms with Crippen molar-refractivity contribution >= 4 is 68.7 Å². The van der Waals surface area contributed by atoms with Gasteiger partial charge in [-0.1, -0.05) is 133 Å². The van der Waals surface area contributed by atoms with Crippen LogP contribution in [0.1, 0.15) is 17.2 Å². The Morgan fingerprint density at radius 3 is 2.02 bits per heavy atom. The van der Waals surface area contributed by atoms with Gasteiger partial charge in [0.25, 0.3) is 0 Å². The molecule has 1 unspecified atom stereocenters. The van der Waals surface area contributed by atoms with Crippen LogP contribution >= 0.6 is 22.7 Å². The molecule has 1 N–H and O–H groups in total. The quantitative estimate of drug-likeness (QED) is 0.199. The fraction of sp³-hybridized carbons (Fsp3) is 0.0213. The van der Waals surface area contributed by atoms with Crippen LogP contribution in [-0.4, -0.2) is 9.97 Å². The Kier molecular flexibility index (Phi) is 6.66. The van der Waals surface area contributed by atoms with Crippen molar-refractivity contribution in [1.82, 2.24) is 9.97 Å². The molecule has 0 amide bonds. The van der Waals surface area contributed by atoms with E-state index in [1.165, 1.54) is 62.6 Å². The van der Waals surface area contributed by atoms with Crippen molar-refractivity contribution in [2.45, 2.75) is 6.04 Å². The van der Waals surface area contributed by atoms with Crippen LogP contribution in [0.5, 0.6) is 0 Å². The van der Waals surface area contributed by atoms with Gasteiger partial charge in [0.05, 0.1) is 17.4 Å². The smallest absolute Gasteiger partial charge is 0.160 e. The number of fused-ring (bicyclic) bond motifs is 10. The molecule has 3 nitrogen and oxygen atoms in total. The number of para-hydroxylation sites is 1. The van der Waals surface area contributed by atoms with Gasteiger partial charge in [-0.15, -0.1) is 22.7 Å². The number of rotatable bonds is 4.